The van der Waals surface area contributed by atoms with Gasteiger partial charge in [-0.05, 0) is 18.4 Å². The van der Waals surface area contributed by atoms with Crippen molar-refractivity contribution in [2.75, 3.05) is 11.9 Å². The monoisotopic (exact) mass is 399 g/mol. The van der Waals surface area contributed by atoms with E-state index in [2.05, 4.69) is 39.3 Å². The predicted molar refractivity (Wildman–Crippen MR) is 106 cm³/mol. The van der Waals surface area contributed by atoms with Gasteiger partial charge in [-0.2, -0.15) is 0 Å². The number of aliphatic hydroxyl groups is 3. The van der Waals surface area contributed by atoms with Gasteiger partial charge >= 0.3 is 0 Å². The first-order valence-electron chi connectivity index (χ1n) is 9.72. The molecule has 1 aliphatic rings. The van der Waals surface area contributed by atoms with Crippen LogP contribution in [-0.4, -0.2) is 65.8 Å². The minimum Gasteiger partial charge on any atom is -0.394 e. The predicted octanol–water partition coefficient (Wildman–Crippen LogP) is 0.871. The summed E-state index contributed by atoms with van der Waals surface area (Å²) in [5.74, 6) is 0.600. The molecule has 4 N–H and O–H groups in total. The number of benzene rings is 1. The van der Waals surface area contributed by atoms with E-state index < -0.39 is 24.5 Å². The van der Waals surface area contributed by atoms with Gasteiger partial charge < -0.3 is 25.4 Å². The first-order valence-corrected chi connectivity index (χ1v) is 9.72. The standard InChI is InChI=1S/C20H25N5O4/c1-2-13(8-12-6-4-3-5-7-12)24-18-15-19(22-10-21-18)25(11-23-15)20-17(28)16(27)14(9-26)29-20/h3-7,10-11,13-14,16-17,20,26-28H,2,8-9H2,1H3,(H,21,22,24)/t13-,14+,16+,17+,20+/m0/s1. The smallest absolute Gasteiger partial charge is 0.167 e. The third-order valence-corrected chi connectivity index (χ3v) is 5.31. The average Bonchev–Trinajstić information content (AvgIpc) is 3.30. The van der Waals surface area contributed by atoms with Crippen molar-refractivity contribution in [2.24, 2.45) is 0 Å². The second-order valence-corrected chi connectivity index (χ2v) is 7.21. The van der Waals surface area contributed by atoms with Gasteiger partial charge in [-0.25, -0.2) is 15.0 Å². The molecular formula is C20H25N5O4. The molecule has 0 spiro atoms. The van der Waals surface area contributed by atoms with Gasteiger partial charge in [-0.3, -0.25) is 4.57 Å². The summed E-state index contributed by atoms with van der Waals surface area (Å²) in [5, 5.41) is 33.1. The Labute approximate surface area is 168 Å². The van der Waals surface area contributed by atoms with Crippen LogP contribution in [0.25, 0.3) is 11.2 Å². The van der Waals surface area contributed by atoms with Crippen molar-refractivity contribution < 1.29 is 20.1 Å². The largest absolute Gasteiger partial charge is 0.394 e. The molecule has 3 heterocycles. The molecule has 1 fully saturated rings. The number of fused-ring (bicyclic) bond motifs is 1. The van der Waals surface area contributed by atoms with E-state index in [0.717, 1.165) is 12.8 Å². The zero-order chi connectivity index (χ0) is 20.4. The number of ether oxygens (including phenoxy) is 1. The molecule has 9 heteroatoms. The molecule has 2 aromatic heterocycles. The first kappa shape index (κ1) is 19.7. The van der Waals surface area contributed by atoms with E-state index in [1.807, 2.05) is 18.2 Å². The summed E-state index contributed by atoms with van der Waals surface area (Å²) >= 11 is 0. The normalized spacial score (nSPS) is 25.4. The SMILES string of the molecule is CC[C@@H](Cc1ccccc1)Nc1ncnc2c1ncn2[C@@H]1O[C@H](CO)[C@@H](O)[C@H]1O. The number of aliphatic hydroxyl groups excluding tert-OH is 3. The highest BCUT2D eigenvalue weighted by molar-refractivity contribution is 5.82. The van der Waals surface area contributed by atoms with Crippen molar-refractivity contribution in [3.8, 4) is 0 Å². The van der Waals surface area contributed by atoms with Crippen molar-refractivity contribution in [1.29, 1.82) is 0 Å². The van der Waals surface area contributed by atoms with Gasteiger partial charge in [0.05, 0.1) is 12.9 Å². The van der Waals surface area contributed by atoms with Crippen LogP contribution in [0.2, 0.25) is 0 Å². The maximum absolute atomic E-state index is 10.3. The molecule has 0 radical (unpaired) electrons. The Hall–Kier alpha value is -2.59. The van der Waals surface area contributed by atoms with E-state index >= 15 is 0 Å². The Kier molecular flexibility index (Phi) is 5.72. The maximum Gasteiger partial charge on any atom is 0.167 e. The number of nitrogens with one attached hydrogen (secondary N) is 1. The van der Waals surface area contributed by atoms with Crippen LogP contribution in [0.15, 0.2) is 43.0 Å². The molecule has 5 atom stereocenters. The fourth-order valence-corrected chi connectivity index (χ4v) is 3.64. The lowest BCUT2D eigenvalue weighted by Crippen LogP contribution is -2.33. The molecular weight excluding hydrogens is 374 g/mol. The summed E-state index contributed by atoms with van der Waals surface area (Å²) in [6, 6.07) is 10.4. The van der Waals surface area contributed by atoms with E-state index in [0.29, 0.717) is 17.0 Å². The van der Waals surface area contributed by atoms with Crippen molar-refractivity contribution in [3.63, 3.8) is 0 Å². The van der Waals surface area contributed by atoms with Crippen molar-refractivity contribution >= 4 is 17.0 Å². The van der Waals surface area contributed by atoms with E-state index in [1.54, 1.807) is 4.57 Å². The summed E-state index contributed by atoms with van der Waals surface area (Å²) in [6.45, 7) is 1.72. The van der Waals surface area contributed by atoms with Crippen LogP contribution in [0.3, 0.4) is 0 Å². The van der Waals surface area contributed by atoms with E-state index in [9.17, 15) is 15.3 Å². The topological polar surface area (TPSA) is 126 Å². The number of hydrogen-bond acceptors (Lipinski definition) is 8. The molecule has 3 aromatic rings. The molecule has 4 rings (SSSR count). The fourth-order valence-electron chi connectivity index (χ4n) is 3.64. The number of imidazole rings is 1. The summed E-state index contributed by atoms with van der Waals surface area (Å²) in [5.41, 5.74) is 2.26. The molecule has 154 valence electrons. The maximum atomic E-state index is 10.3. The van der Waals surface area contributed by atoms with Gasteiger partial charge in [0.25, 0.3) is 0 Å². The molecule has 1 saturated heterocycles. The fraction of sp³-hybridized carbons (Fsp3) is 0.450. The van der Waals surface area contributed by atoms with Crippen LogP contribution in [0.1, 0.15) is 25.1 Å². The van der Waals surface area contributed by atoms with Crippen molar-refractivity contribution in [2.45, 2.75) is 50.3 Å². The van der Waals surface area contributed by atoms with Crippen LogP contribution in [-0.2, 0) is 11.2 Å². The number of anilines is 1. The molecule has 1 aliphatic heterocycles. The molecule has 1 aromatic carbocycles. The van der Waals surface area contributed by atoms with Gasteiger partial charge in [0.1, 0.15) is 24.6 Å². The summed E-state index contributed by atoms with van der Waals surface area (Å²) < 4.78 is 7.16. The second kappa shape index (κ2) is 8.42. The molecule has 0 amide bonds. The highest BCUT2D eigenvalue weighted by Gasteiger charge is 2.44. The first-order chi connectivity index (χ1) is 14.1. The highest BCUT2D eigenvalue weighted by atomic mass is 16.6. The highest BCUT2D eigenvalue weighted by Crippen LogP contribution is 2.32. The molecule has 0 unspecified atom stereocenters. The van der Waals surface area contributed by atoms with Gasteiger partial charge in [-0.15, -0.1) is 0 Å². The Morgan fingerprint density at radius 3 is 2.62 bits per heavy atom. The quantitative estimate of drug-likeness (QED) is 0.461. The summed E-state index contributed by atoms with van der Waals surface area (Å²) in [7, 11) is 0. The lowest BCUT2D eigenvalue weighted by molar-refractivity contribution is -0.0511. The van der Waals surface area contributed by atoms with Crippen LogP contribution >= 0.6 is 0 Å². The number of hydrogen-bond donors (Lipinski definition) is 4. The van der Waals surface area contributed by atoms with E-state index in [-0.39, 0.29) is 12.6 Å². The molecule has 0 bridgehead atoms. The minimum atomic E-state index is -1.20. The third-order valence-electron chi connectivity index (χ3n) is 5.31. The van der Waals surface area contributed by atoms with E-state index in [4.69, 9.17) is 4.74 Å². The number of nitrogens with zero attached hydrogens (tertiary/aromatic N) is 4. The Bertz CT molecular complexity index is 950. The Morgan fingerprint density at radius 2 is 1.93 bits per heavy atom. The lowest BCUT2D eigenvalue weighted by Gasteiger charge is -2.18. The lowest BCUT2D eigenvalue weighted by atomic mass is 10.0. The summed E-state index contributed by atoms with van der Waals surface area (Å²) in [4.78, 5) is 13.0. The van der Waals surface area contributed by atoms with E-state index in [1.165, 1.54) is 18.2 Å². The third kappa shape index (κ3) is 3.82. The van der Waals surface area contributed by atoms with Crippen molar-refractivity contribution in [1.82, 2.24) is 19.5 Å². The van der Waals surface area contributed by atoms with Crippen molar-refractivity contribution in [3.05, 3.63) is 48.5 Å². The number of aromatic nitrogens is 4. The van der Waals surface area contributed by atoms with Crippen LogP contribution in [0.4, 0.5) is 5.82 Å². The molecule has 29 heavy (non-hydrogen) atoms. The van der Waals surface area contributed by atoms with Crippen LogP contribution < -0.4 is 5.32 Å². The second-order valence-electron chi connectivity index (χ2n) is 7.21. The molecule has 0 saturated carbocycles. The zero-order valence-electron chi connectivity index (χ0n) is 16.1. The Morgan fingerprint density at radius 1 is 1.14 bits per heavy atom. The molecule has 0 aliphatic carbocycles. The van der Waals surface area contributed by atoms with Gasteiger partial charge in [0.15, 0.2) is 23.2 Å². The average molecular weight is 399 g/mol. The molecule has 9 nitrogen and oxygen atoms in total. The van der Waals surface area contributed by atoms with Crippen LogP contribution in [0, 0.1) is 0 Å². The zero-order valence-corrected chi connectivity index (χ0v) is 16.1. The summed E-state index contributed by atoms with van der Waals surface area (Å²) in [6.07, 6.45) is 0.550. The van der Waals surface area contributed by atoms with Gasteiger partial charge in [0, 0.05) is 6.04 Å². The van der Waals surface area contributed by atoms with Crippen LogP contribution in [0.5, 0.6) is 0 Å². The minimum absolute atomic E-state index is 0.162. The Balaban J connectivity index is 1.59. The van der Waals surface area contributed by atoms with Gasteiger partial charge in [0.2, 0.25) is 0 Å². The van der Waals surface area contributed by atoms with Gasteiger partial charge in [-0.1, -0.05) is 37.3 Å². The number of rotatable bonds is 7.